The van der Waals surface area contributed by atoms with Crippen molar-refractivity contribution in [3.05, 3.63) is 81.3 Å². The van der Waals surface area contributed by atoms with Crippen LogP contribution in [-0.4, -0.2) is 0 Å². The van der Waals surface area contributed by atoms with Crippen LogP contribution in [-0.2, 0) is 6.42 Å². The van der Waals surface area contributed by atoms with Crippen LogP contribution in [0.25, 0.3) is 10.8 Å². The molecule has 3 heteroatoms. The average molecular weight is 380 g/mol. The third-order valence-corrected chi connectivity index (χ3v) is 5.22. The summed E-state index contributed by atoms with van der Waals surface area (Å²) in [7, 11) is 0. The number of halogens is 3. The quantitative estimate of drug-likeness (QED) is 0.440. The predicted molar refractivity (Wildman–Crippen MR) is 95.4 cm³/mol. The molecular formula is C18H13BrCl2. The zero-order valence-corrected chi connectivity index (χ0v) is 14.3. The van der Waals surface area contributed by atoms with Crippen molar-refractivity contribution in [3.8, 4) is 0 Å². The second-order valence-corrected chi connectivity index (χ2v) is 6.77. The van der Waals surface area contributed by atoms with Crippen LogP contribution in [0.5, 0.6) is 0 Å². The molecule has 0 fully saturated rings. The van der Waals surface area contributed by atoms with E-state index in [4.69, 9.17) is 23.2 Å². The normalized spacial score (nSPS) is 12.5. The fourth-order valence-corrected chi connectivity index (χ4v) is 3.23. The summed E-state index contributed by atoms with van der Waals surface area (Å²) in [6.45, 7) is 0. The molecule has 0 aromatic heterocycles. The molecule has 0 bridgehead atoms. The van der Waals surface area contributed by atoms with Crippen molar-refractivity contribution in [2.45, 2.75) is 11.8 Å². The molecule has 0 aliphatic heterocycles. The summed E-state index contributed by atoms with van der Waals surface area (Å²) in [4.78, 5) is 0. The maximum Gasteiger partial charge on any atom is 0.0626 e. The Morgan fingerprint density at radius 2 is 1.71 bits per heavy atom. The molecule has 3 aromatic carbocycles. The molecule has 0 aliphatic carbocycles. The second kappa shape index (κ2) is 6.39. The molecule has 1 atom stereocenters. The molecule has 0 amide bonds. The van der Waals surface area contributed by atoms with Crippen LogP contribution < -0.4 is 0 Å². The van der Waals surface area contributed by atoms with E-state index in [0.29, 0.717) is 5.02 Å². The molecule has 3 aromatic rings. The molecule has 0 saturated heterocycles. The van der Waals surface area contributed by atoms with Gasteiger partial charge in [-0.2, -0.15) is 0 Å². The molecule has 0 nitrogen and oxygen atoms in total. The number of fused-ring (bicyclic) bond motifs is 1. The molecule has 1 unspecified atom stereocenters. The summed E-state index contributed by atoms with van der Waals surface area (Å²) in [5.74, 6) is 0. The highest BCUT2D eigenvalue weighted by Crippen LogP contribution is 2.32. The Bertz CT molecular complexity index is 778. The first-order valence-corrected chi connectivity index (χ1v) is 8.31. The van der Waals surface area contributed by atoms with Crippen LogP contribution in [0.15, 0.2) is 65.1 Å². The summed E-state index contributed by atoms with van der Waals surface area (Å²) in [5, 5.41) is 3.10. The van der Waals surface area contributed by atoms with Crippen LogP contribution in [0.1, 0.15) is 16.5 Å². The first kappa shape index (κ1) is 14.9. The van der Waals surface area contributed by atoms with E-state index < -0.39 is 0 Å². The molecule has 0 radical (unpaired) electrons. The van der Waals surface area contributed by atoms with Gasteiger partial charge in [0.25, 0.3) is 0 Å². The zero-order chi connectivity index (χ0) is 14.8. The predicted octanol–water partition coefficient (Wildman–Crippen LogP) is 6.78. The molecule has 0 saturated carbocycles. The SMILES string of the molecule is Clc1cc(C(Cl)Cc2cccc3ccccc23)ccc1Br. The van der Waals surface area contributed by atoms with Gasteiger partial charge in [0.1, 0.15) is 0 Å². The topological polar surface area (TPSA) is 0 Å². The lowest BCUT2D eigenvalue weighted by Crippen LogP contribution is -1.97. The van der Waals surface area contributed by atoms with Gasteiger partial charge in [-0.3, -0.25) is 0 Å². The molecule has 21 heavy (non-hydrogen) atoms. The Kier molecular flexibility index (Phi) is 4.54. The number of alkyl halides is 1. The fourth-order valence-electron chi connectivity index (χ4n) is 2.49. The molecule has 0 aliphatic rings. The van der Waals surface area contributed by atoms with Gasteiger partial charge in [-0.15, -0.1) is 11.6 Å². The third-order valence-electron chi connectivity index (χ3n) is 3.58. The molecule has 0 heterocycles. The molecule has 3 rings (SSSR count). The van der Waals surface area contributed by atoms with Gasteiger partial charge in [0, 0.05) is 4.47 Å². The summed E-state index contributed by atoms with van der Waals surface area (Å²) in [6.07, 6.45) is 0.779. The maximum absolute atomic E-state index is 6.59. The van der Waals surface area contributed by atoms with Crippen LogP contribution in [0, 0.1) is 0 Å². The number of hydrogen-bond acceptors (Lipinski definition) is 0. The highest BCUT2D eigenvalue weighted by Gasteiger charge is 2.12. The Morgan fingerprint density at radius 3 is 2.52 bits per heavy atom. The van der Waals surface area contributed by atoms with Crippen LogP contribution >= 0.6 is 39.1 Å². The minimum Gasteiger partial charge on any atom is -0.117 e. The largest absolute Gasteiger partial charge is 0.117 e. The number of hydrogen-bond donors (Lipinski definition) is 0. The van der Waals surface area contributed by atoms with E-state index in [1.165, 1.54) is 16.3 Å². The first-order chi connectivity index (χ1) is 10.1. The standard InChI is InChI=1S/C18H13BrCl2/c19-16-9-8-14(11-18(16)21)17(20)10-13-6-3-5-12-4-1-2-7-15(12)13/h1-9,11,17H,10H2. The van der Waals surface area contributed by atoms with Crippen molar-refractivity contribution in [2.24, 2.45) is 0 Å². The van der Waals surface area contributed by atoms with E-state index >= 15 is 0 Å². The van der Waals surface area contributed by atoms with Gasteiger partial charge in [-0.1, -0.05) is 60.1 Å². The lowest BCUT2D eigenvalue weighted by molar-refractivity contribution is 0.927. The summed E-state index contributed by atoms with van der Waals surface area (Å²) < 4.78 is 0.891. The fraction of sp³-hybridized carbons (Fsp3) is 0.111. The van der Waals surface area contributed by atoms with Gasteiger partial charge in [0.15, 0.2) is 0 Å². The Balaban J connectivity index is 1.92. The van der Waals surface area contributed by atoms with Gasteiger partial charge in [0.2, 0.25) is 0 Å². The Labute approximate surface area is 142 Å². The minimum absolute atomic E-state index is 0.0959. The van der Waals surface area contributed by atoms with Gasteiger partial charge < -0.3 is 0 Å². The molecule has 106 valence electrons. The Morgan fingerprint density at radius 1 is 0.952 bits per heavy atom. The number of benzene rings is 3. The van der Waals surface area contributed by atoms with Crippen molar-refractivity contribution in [2.75, 3.05) is 0 Å². The van der Waals surface area contributed by atoms with E-state index in [1.807, 2.05) is 18.2 Å². The Hall–Kier alpha value is -1.02. The van der Waals surface area contributed by atoms with Crippen molar-refractivity contribution in [1.29, 1.82) is 0 Å². The maximum atomic E-state index is 6.59. The van der Waals surface area contributed by atoms with E-state index in [9.17, 15) is 0 Å². The van der Waals surface area contributed by atoms with Gasteiger partial charge in [-0.05, 0) is 56.4 Å². The lowest BCUT2D eigenvalue weighted by atomic mass is 9.98. The van der Waals surface area contributed by atoms with Crippen molar-refractivity contribution < 1.29 is 0 Å². The zero-order valence-electron chi connectivity index (χ0n) is 11.2. The molecule has 0 N–H and O–H groups in total. The smallest absolute Gasteiger partial charge is 0.0626 e. The van der Waals surface area contributed by atoms with Gasteiger partial charge in [0.05, 0.1) is 10.4 Å². The number of rotatable bonds is 3. The minimum atomic E-state index is -0.0959. The van der Waals surface area contributed by atoms with Crippen LogP contribution in [0.3, 0.4) is 0 Å². The van der Waals surface area contributed by atoms with Gasteiger partial charge >= 0.3 is 0 Å². The summed E-state index contributed by atoms with van der Waals surface area (Å²) >= 11 is 16.1. The van der Waals surface area contributed by atoms with Crippen molar-refractivity contribution in [3.63, 3.8) is 0 Å². The highest BCUT2D eigenvalue weighted by molar-refractivity contribution is 9.10. The van der Waals surface area contributed by atoms with E-state index in [2.05, 4.69) is 58.4 Å². The van der Waals surface area contributed by atoms with Crippen molar-refractivity contribution >= 4 is 49.9 Å². The first-order valence-electron chi connectivity index (χ1n) is 6.71. The summed E-state index contributed by atoms with van der Waals surface area (Å²) in [5.41, 5.74) is 2.30. The molecule has 0 spiro atoms. The van der Waals surface area contributed by atoms with E-state index in [0.717, 1.165) is 16.5 Å². The van der Waals surface area contributed by atoms with Gasteiger partial charge in [-0.25, -0.2) is 0 Å². The second-order valence-electron chi connectivity index (χ2n) is 4.98. The average Bonchev–Trinajstić information content (AvgIpc) is 2.50. The highest BCUT2D eigenvalue weighted by atomic mass is 79.9. The van der Waals surface area contributed by atoms with Crippen LogP contribution in [0.4, 0.5) is 0 Å². The van der Waals surface area contributed by atoms with E-state index in [1.54, 1.807) is 0 Å². The monoisotopic (exact) mass is 378 g/mol. The lowest BCUT2D eigenvalue weighted by Gasteiger charge is -2.13. The third kappa shape index (κ3) is 3.26. The van der Waals surface area contributed by atoms with Crippen molar-refractivity contribution in [1.82, 2.24) is 0 Å². The summed E-state index contributed by atoms with van der Waals surface area (Å²) in [6, 6.07) is 20.6. The van der Waals surface area contributed by atoms with E-state index in [-0.39, 0.29) is 5.38 Å². The molecular weight excluding hydrogens is 367 g/mol. The van der Waals surface area contributed by atoms with Crippen LogP contribution in [0.2, 0.25) is 5.02 Å².